The second kappa shape index (κ2) is 30.3. The van der Waals surface area contributed by atoms with Gasteiger partial charge in [-0.2, -0.15) is 0 Å². The molecule has 0 saturated carbocycles. The maximum Gasteiger partial charge on any atom is 0 e. The maximum atomic E-state index is 8.11. The Kier molecular flexibility index (Phi) is 149. The van der Waals surface area contributed by atoms with Crippen LogP contribution in [0.5, 0.6) is 0 Å². The normalized spacial score (nSPS) is 1.00. The van der Waals surface area contributed by atoms with E-state index in [1.807, 2.05) is 0 Å². The van der Waals surface area contributed by atoms with Crippen LogP contribution in [0.4, 0.5) is 0 Å². The SMILES string of the molecule is [BaH2].[Ce].[O]=[Yb].[Y].[Zr]. The molecule has 0 aromatic heterocycles. The summed E-state index contributed by atoms with van der Waals surface area (Å²) >= 11 is 1.44. The van der Waals surface area contributed by atoms with Gasteiger partial charge in [-0.3, -0.25) is 0 Å². The molecule has 0 N–H and O–H groups in total. The molecule has 0 fully saturated rings. The maximum absolute atomic E-state index is 8.11. The first-order valence-electron chi connectivity index (χ1n) is 0.109. The summed E-state index contributed by atoms with van der Waals surface area (Å²) in [4.78, 5) is 0. The van der Waals surface area contributed by atoms with Gasteiger partial charge in [0, 0.05) is 101 Å². The molecule has 0 atom stereocenters. The van der Waals surface area contributed by atoms with Gasteiger partial charge in [0.05, 0.1) is 0 Å². The smallest absolute Gasteiger partial charge is 0 e. The zero-order valence-electron chi connectivity index (χ0n) is 2.25. The minimum Gasteiger partial charge on any atom is 0 e. The molecule has 0 amide bonds. The second-order valence-corrected chi connectivity index (χ2v) is 0. The molecule has 1 nitrogen and oxygen atoms in total. The van der Waals surface area contributed by atoms with Gasteiger partial charge in [-0.15, -0.1) is 0 Å². The fourth-order valence-electron chi connectivity index (χ4n) is 0. The molecule has 6 heavy (non-hydrogen) atoms. The van der Waals surface area contributed by atoms with Gasteiger partial charge in [-0.05, 0) is 0 Å². The molecule has 0 bridgehead atoms. The molecule has 0 aliphatic carbocycles. The predicted octanol–water partition coefficient (Wildman–Crippen LogP) is -1.04. The van der Waals surface area contributed by atoms with Crippen LogP contribution in [-0.4, -0.2) is 48.9 Å². The van der Waals surface area contributed by atoms with Crippen molar-refractivity contribution in [2.24, 2.45) is 0 Å². The van der Waals surface area contributed by atoms with Crippen molar-refractivity contribution in [3.8, 4) is 0 Å². The standard InChI is InChI=1S/Ba.Ce.O.Y.Yb.Zr.2H. The third-order valence-corrected chi connectivity index (χ3v) is 0. The summed E-state index contributed by atoms with van der Waals surface area (Å²) < 4.78 is 8.11. The largest absolute Gasteiger partial charge is 0 e. The van der Waals surface area contributed by atoms with Crippen LogP contribution in [0.15, 0.2) is 0 Å². The zero-order chi connectivity index (χ0) is 2.00. The summed E-state index contributed by atoms with van der Waals surface area (Å²) in [6.45, 7) is 0. The first kappa shape index (κ1) is 29.5. The fraction of sp³-hybridized carbons (Fsp3) is 0. The van der Waals surface area contributed by atoms with Crippen LogP contribution < -0.4 is 0 Å². The van der Waals surface area contributed by atoms with Crippen LogP contribution in [0.1, 0.15) is 0 Å². The Labute approximate surface area is 187 Å². The Morgan fingerprint density at radius 1 is 1.17 bits per heavy atom. The molecule has 0 aromatic carbocycles. The van der Waals surface area contributed by atoms with E-state index in [0.29, 0.717) is 0 Å². The van der Waals surface area contributed by atoms with E-state index in [0.717, 1.165) is 0 Å². The molecule has 0 aromatic rings. The van der Waals surface area contributed by atoms with E-state index in [9.17, 15) is 0 Å². The first-order chi connectivity index (χ1) is 1.00. The van der Waals surface area contributed by atoms with Gasteiger partial charge < -0.3 is 0 Å². The van der Waals surface area contributed by atoms with Crippen molar-refractivity contribution in [2.45, 2.75) is 0 Å². The van der Waals surface area contributed by atoms with E-state index in [-0.39, 0.29) is 150 Å². The van der Waals surface area contributed by atoms with E-state index in [2.05, 4.69) is 0 Å². The Hall–Kier alpha value is 6.25. The monoisotopic (exact) mass is 649 g/mol. The Balaban J connectivity index is -0.000000000833. The molecule has 0 aliphatic rings. The second-order valence-electron chi connectivity index (χ2n) is 0. The van der Waals surface area contributed by atoms with Gasteiger partial charge in [-0.1, -0.05) is 0 Å². The molecular formula is H2BaCeOYYbZr. The summed E-state index contributed by atoms with van der Waals surface area (Å²) in [6, 6.07) is 0. The fourth-order valence-corrected chi connectivity index (χ4v) is 0. The van der Waals surface area contributed by atoms with E-state index in [1.165, 1.54) is 44.8 Å². The Morgan fingerprint density at radius 2 is 1.17 bits per heavy atom. The van der Waals surface area contributed by atoms with Crippen LogP contribution in [-0.2, 0) is 59.2 Å². The quantitative estimate of drug-likeness (QED) is 0.307. The Bertz CT molecular complexity index is 15.5. The van der Waals surface area contributed by atoms with Crippen LogP contribution in [0.2, 0.25) is 0 Å². The molecule has 0 saturated heterocycles. The average molecular weight is 649 g/mol. The van der Waals surface area contributed by atoms with Crippen LogP contribution in [0, 0.1) is 86.6 Å². The number of hydrogen-bond acceptors (Lipinski definition) is 1. The van der Waals surface area contributed by atoms with Crippen molar-refractivity contribution in [1.82, 2.24) is 0 Å². The summed E-state index contributed by atoms with van der Waals surface area (Å²) in [5, 5.41) is 0. The van der Waals surface area contributed by atoms with Crippen molar-refractivity contribution >= 4 is 48.9 Å². The van der Waals surface area contributed by atoms with Crippen LogP contribution in [0.3, 0.4) is 0 Å². The summed E-state index contributed by atoms with van der Waals surface area (Å²) in [7, 11) is 0. The minimum absolute atomic E-state index is 0. The van der Waals surface area contributed by atoms with Crippen molar-refractivity contribution in [2.75, 3.05) is 0 Å². The number of rotatable bonds is 0. The minimum atomic E-state index is 0. The predicted molar refractivity (Wildman–Crippen MR) is 9.23 cm³/mol. The molecule has 6 heteroatoms. The zero-order valence-corrected chi connectivity index (χ0v) is 12.4. The van der Waals surface area contributed by atoms with Gasteiger partial charge in [0.1, 0.15) is 0 Å². The molecule has 0 aliphatic heterocycles. The average Bonchev–Trinajstić information content (AvgIpc) is 1.00. The topological polar surface area (TPSA) is 17.1 Å². The van der Waals surface area contributed by atoms with Crippen molar-refractivity contribution in [1.29, 1.82) is 0 Å². The van der Waals surface area contributed by atoms with Crippen LogP contribution >= 0.6 is 0 Å². The molecule has 35 valence electrons. The van der Waals surface area contributed by atoms with Gasteiger partial charge >= 0.3 is 94.0 Å². The van der Waals surface area contributed by atoms with Gasteiger partial charge in [0.25, 0.3) is 0 Å². The Morgan fingerprint density at radius 3 is 1.17 bits per heavy atom. The summed E-state index contributed by atoms with van der Waals surface area (Å²) in [5.74, 6) is 0. The third-order valence-electron chi connectivity index (χ3n) is 0. The molecule has 0 rings (SSSR count). The molecule has 0 heterocycles. The summed E-state index contributed by atoms with van der Waals surface area (Å²) in [6.07, 6.45) is 0. The molecule has 0 spiro atoms. The van der Waals surface area contributed by atoms with E-state index >= 15 is 0 Å². The first-order valence-corrected chi connectivity index (χ1v) is 0.809. The van der Waals surface area contributed by atoms with E-state index in [1.54, 1.807) is 0 Å². The van der Waals surface area contributed by atoms with Crippen molar-refractivity contribution in [3.63, 3.8) is 0 Å². The molecular weight excluding hydrogens is 647 g/mol. The molecule has 1 radical (unpaired) electrons. The number of hydrogen-bond donors (Lipinski definition) is 0. The van der Waals surface area contributed by atoms with E-state index < -0.39 is 0 Å². The van der Waals surface area contributed by atoms with Gasteiger partial charge in [0.15, 0.2) is 0 Å². The molecule has 0 unspecified atom stereocenters. The third kappa shape index (κ3) is 22.5. The van der Waals surface area contributed by atoms with Crippen molar-refractivity contribution in [3.05, 3.63) is 0 Å². The van der Waals surface area contributed by atoms with E-state index in [4.69, 9.17) is 0.288 Å². The van der Waals surface area contributed by atoms with Crippen LogP contribution in [0.25, 0.3) is 0 Å². The summed E-state index contributed by atoms with van der Waals surface area (Å²) in [5.41, 5.74) is 0. The van der Waals surface area contributed by atoms with Gasteiger partial charge in [-0.25, -0.2) is 0 Å². The van der Waals surface area contributed by atoms with Gasteiger partial charge in [0.2, 0.25) is 0 Å². The van der Waals surface area contributed by atoms with Crippen molar-refractivity contribution < 1.29 is 146 Å².